The van der Waals surface area contributed by atoms with Gasteiger partial charge in [0.15, 0.2) is 0 Å². The van der Waals surface area contributed by atoms with Crippen molar-refractivity contribution in [3.8, 4) is 5.75 Å². The lowest BCUT2D eigenvalue weighted by atomic mass is 9.92. The molecule has 0 bridgehead atoms. The van der Waals surface area contributed by atoms with Crippen LogP contribution in [0.25, 0.3) is 0 Å². The van der Waals surface area contributed by atoms with E-state index in [9.17, 15) is 9.59 Å². The van der Waals surface area contributed by atoms with Crippen LogP contribution in [0.1, 0.15) is 22.3 Å². The Morgan fingerprint density at radius 3 is 2.37 bits per heavy atom. The van der Waals surface area contributed by atoms with E-state index in [1.54, 1.807) is 16.8 Å². The van der Waals surface area contributed by atoms with Gasteiger partial charge in [0.1, 0.15) is 18.4 Å². The van der Waals surface area contributed by atoms with E-state index < -0.39 is 6.04 Å². The number of carbonyl (C=O) groups is 2. The van der Waals surface area contributed by atoms with Crippen LogP contribution in [0.15, 0.2) is 78.9 Å². The van der Waals surface area contributed by atoms with Crippen molar-refractivity contribution in [1.82, 2.24) is 15.1 Å². The summed E-state index contributed by atoms with van der Waals surface area (Å²) in [4.78, 5) is 30.4. The molecule has 1 aliphatic heterocycles. The van der Waals surface area contributed by atoms with E-state index in [-0.39, 0.29) is 18.2 Å². The Bertz CT molecular complexity index is 1180. The number of rotatable bonds is 12. The van der Waals surface area contributed by atoms with E-state index in [4.69, 9.17) is 9.47 Å². The molecule has 7 heteroatoms. The lowest BCUT2D eigenvalue weighted by Gasteiger charge is -2.38. The van der Waals surface area contributed by atoms with E-state index in [2.05, 4.69) is 5.32 Å². The highest BCUT2D eigenvalue weighted by Gasteiger charge is 2.35. The fraction of sp³-hybridized carbons (Fsp3) is 0.355. The van der Waals surface area contributed by atoms with Gasteiger partial charge in [-0.2, -0.15) is 0 Å². The van der Waals surface area contributed by atoms with E-state index in [1.165, 1.54) is 0 Å². The second-order valence-corrected chi connectivity index (χ2v) is 9.58. The Morgan fingerprint density at radius 1 is 0.921 bits per heavy atom. The van der Waals surface area contributed by atoms with Crippen molar-refractivity contribution in [1.29, 1.82) is 0 Å². The molecule has 4 rings (SSSR count). The van der Waals surface area contributed by atoms with Crippen molar-refractivity contribution >= 4 is 11.8 Å². The summed E-state index contributed by atoms with van der Waals surface area (Å²) in [6.07, 6.45) is 0.736. The number of ether oxygens (including phenoxy) is 2. The molecule has 200 valence electrons. The van der Waals surface area contributed by atoms with Crippen molar-refractivity contribution in [2.75, 3.05) is 40.4 Å². The summed E-state index contributed by atoms with van der Waals surface area (Å²) in [7, 11) is 3.65. The predicted molar refractivity (Wildman–Crippen MR) is 148 cm³/mol. The topological polar surface area (TPSA) is 71.1 Å². The summed E-state index contributed by atoms with van der Waals surface area (Å²) in [5.74, 6) is 0.632. The van der Waals surface area contributed by atoms with Gasteiger partial charge >= 0.3 is 0 Å². The number of hydrogen-bond donors (Lipinski definition) is 1. The zero-order chi connectivity index (χ0) is 26.7. The van der Waals surface area contributed by atoms with Gasteiger partial charge in [-0.05, 0) is 41.4 Å². The average Bonchev–Trinajstić information content (AvgIpc) is 2.96. The molecule has 1 heterocycles. The summed E-state index contributed by atoms with van der Waals surface area (Å²) in [6, 6.07) is 25.1. The Kier molecular flexibility index (Phi) is 9.90. The van der Waals surface area contributed by atoms with Crippen molar-refractivity contribution < 1.29 is 19.1 Å². The molecular formula is C31H37N3O4. The third-order valence-corrected chi connectivity index (χ3v) is 6.82. The largest absolute Gasteiger partial charge is 0.489 e. The number of benzene rings is 3. The normalized spacial score (nSPS) is 14.6. The quantitative estimate of drug-likeness (QED) is 0.374. The van der Waals surface area contributed by atoms with Gasteiger partial charge in [-0.3, -0.25) is 9.59 Å². The summed E-state index contributed by atoms with van der Waals surface area (Å²) in [5, 5.41) is 3.04. The van der Waals surface area contributed by atoms with Crippen LogP contribution in [0, 0.1) is 0 Å². The highest BCUT2D eigenvalue weighted by molar-refractivity contribution is 5.89. The molecule has 7 nitrogen and oxygen atoms in total. The summed E-state index contributed by atoms with van der Waals surface area (Å²) in [5.41, 5.74) is 4.20. The van der Waals surface area contributed by atoms with Gasteiger partial charge < -0.3 is 24.6 Å². The highest BCUT2D eigenvalue weighted by Crippen LogP contribution is 2.26. The molecule has 0 fully saturated rings. The molecule has 1 unspecified atom stereocenters. The molecule has 0 saturated heterocycles. The van der Waals surface area contributed by atoms with Gasteiger partial charge in [0.05, 0.1) is 19.6 Å². The molecule has 0 aromatic heterocycles. The van der Waals surface area contributed by atoms with Crippen molar-refractivity contribution in [2.45, 2.75) is 32.0 Å². The maximum atomic E-state index is 13.5. The Hall–Kier alpha value is -3.68. The SMILES string of the molecule is CNCCOCCN(C)C(=O)C1Cc2ccccc2CN1C(=O)Cc1ccc(OCc2ccccc2)cc1. The molecule has 0 saturated carbocycles. The Morgan fingerprint density at radius 2 is 1.63 bits per heavy atom. The minimum Gasteiger partial charge on any atom is -0.489 e. The van der Waals surface area contributed by atoms with E-state index in [0.29, 0.717) is 39.3 Å². The first-order valence-corrected chi connectivity index (χ1v) is 13.1. The van der Waals surface area contributed by atoms with Gasteiger partial charge in [-0.1, -0.05) is 66.7 Å². The van der Waals surface area contributed by atoms with Crippen LogP contribution < -0.4 is 10.1 Å². The number of carbonyl (C=O) groups excluding carboxylic acids is 2. The molecule has 0 spiro atoms. The molecule has 0 radical (unpaired) electrons. The second-order valence-electron chi connectivity index (χ2n) is 9.58. The minimum atomic E-state index is -0.534. The van der Waals surface area contributed by atoms with Gasteiger partial charge in [0.2, 0.25) is 11.8 Å². The zero-order valence-corrected chi connectivity index (χ0v) is 22.3. The third kappa shape index (κ3) is 7.43. The molecule has 38 heavy (non-hydrogen) atoms. The number of nitrogens with zero attached hydrogens (tertiary/aromatic N) is 2. The fourth-order valence-corrected chi connectivity index (χ4v) is 4.57. The van der Waals surface area contributed by atoms with Gasteiger partial charge in [0.25, 0.3) is 0 Å². The third-order valence-electron chi connectivity index (χ3n) is 6.82. The lowest BCUT2D eigenvalue weighted by Crippen LogP contribution is -2.53. The first kappa shape index (κ1) is 27.4. The highest BCUT2D eigenvalue weighted by atomic mass is 16.5. The molecule has 0 aliphatic carbocycles. The van der Waals surface area contributed by atoms with Crippen molar-refractivity contribution in [2.24, 2.45) is 0 Å². The van der Waals surface area contributed by atoms with Crippen molar-refractivity contribution in [3.05, 3.63) is 101 Å². The van der Waals surface area contributed by atoms with Crippen LogP contribution in [0.5, 0.6) is 5.75 Å². The predicted octanol–water partition coefficient (Wildman–Crippen LogP) is 3.46. The monoisotopic (exact) mass is 515 g/mol. The maximum absolute atomic E-state index is 13.5. The van der Waals surface area contributed by atoms with E-state index in [0.717, 1.165) is 34.5 Å². The molecule has 1 atom stereocenters. The van der Waals surface area contributed by atoms with Crippen LogP contribution in [0.3, 0.4) is 0 Å². The molecule has 2 amide bonds. The molecule has 1 N–H and O–H groups in total. The van der Waals surface area contributed by atoms with Crippen LogP contribution >= 0.6 is 0 Å². The zero-order valence-electron chi connectivity index (χ0n) is 22.3. The second kappa shape index (κ2) is 13.7. The maximum Gasteiger partial charge on any atom is 0.245 e. The summed E-state index contributed by atoms with van der Waals surface area (Å²) in [6.45, 7) is 3.21. The van der Waals surface area contributed by atoms with Gasteiger partial charge in [-0.25, -0.2) is 0 Å². The van der Waals surface area contributed by atoms with Crippen molar-refractivity contribution in [3.63, 3.8) is 0 Å². The minimum absolute atomic E-state index is 0.0604. The molecule has 3 aromatic carbocycles. The number of hydrogen-bond acceptors (Lipinski definition) is 5. The molecular weight excluding hydrogens is 478 g/mol. The van der Waals surface area contributed by atoms with Crippen LogP contribution in [0.4, 0.5) is 0 Å². The fourth-order valence-electron chi connectivity index (χ4n) is 4.57. The summed E-state index contributed by atoms with van der Waals surface area (Å²) < 4.78 is 11.5. The lowest BCUT2D eigenvalue weighted by molar-refractivity contribution is -0.146. The van der Waals surface area contributed by atoms with E-state index in [1.807, 2.05) is 85.9 Å². The molecule has 1 aliphatic rings. The van der Waals surface area contributed by atoms with Crippen LogP contribution in [0.2, 0.25) is 0 Å². The van der Waals surface area contributed by atoms with Crippen LogP contribution in [-0.2, 0) is 40.3 Å². The summed E-state index contributed by atoms with van der Waals surface area (Å²) >= 11 is 0. The number of likely N-dealkylation sites (N-methyl/N-ethyl adjacent to an activating group) is 2. The number of nitrogens with one attached hydrogen (secondary N) is 1. The van der Waals surface area contributed by atoms with Gasteiger partial charge in [0, 0.05) is 33.1 Å². The van der Waals surface area contributed by atoms with Crippen LogP contribution in [-0.4, -0.2) is 68.1 Å². The Labute approximate surface area is 225 Å². The number of amides is 2. The van der Waals surface area contributed by atoms with E-state index >= 15 is 0 Å². The average molecular weight is 516 g/mol. The Balaban J connectivity index is 1.40. The van der Waals surface area contributed by atoms with Gasteiger partial charge in [-0.15, -0.1) is 0 Å². The standard InChI is InChI=1S/C31H37N3O4/c1-32-16-18-37-19-17-33(2)31(36)29-21-26-10-6-7-11-27(26)22-34(29)30(35)20-24-12-14-28(15-13-24)38-23-25-8-4-3-5-9-25/h3-15,29,32H,16-23H2,1-2H3. The number of fused-ring (bicyclic) bond motifs is 1. The smallest absolute Gasteiger partial charge is 0.245 e. The first-order chi connectivity index (χ1) is 18.5. The molecule has 3 aromatic rings. The first-order valence-electron chi connectivity index (χ1n) is 13.1.